The number of anilines is 2. The van der Waals surface area contributed by atoms with Crippen molar-refractivity contribution in [1.29, 1.82) is 0 Å². The molecule has 22 heteroatoms. The van der Waals surface area contributed by atoms with Gasteiger partial charge in [-0.2, -0.15) is 0 Å². The number of H-pyrrole nitrogens is 1. The van der Waals surface area contributed by atoms with Gasteiger partial charge < -0.3 is 40.6 Å². The number of ether oxygens (including phenoxy) is 2. The normalized spacial score (nSPS) is 19.3. The fraction of sp³-hybridized carbons (Fsp3) is 0.476. The molecule has 4 atom stereocenters. The quantitative estimate of drug-likeness (QED) is 0.0872. The Hall–Kier alpha value is -5.29. The highest BCUT2D eigenvalue weighted by Crippen LogP contribution is 2.48. The van der Waals surface area contributed by atoms with E-state index in [9.17, 15) is 45.6 Å². The lowest BCUT2D eigenvalue weighted by atomic mass is 10.0. The van der Waals surface area contributed by atoms with Crippen molar-refractivity contribution in [2.45, 2.75) is 98.2 Å². The minimum absolute atomic E-state index is 0.0759. The molecule has 6 N–H and O–H groups in total. The molecular weight excluding hydrogens is 891 g/mol. The summed E-state index contributed by atoms with van der Waals surface area (Å²) in [6.45, 7) is 16.6. The molecule has 0 bridgehead atoms. The Balaban J connectivity index is 1.12. The molecule has 1 unspecified atom stereocenters. The van der Waals surface area contributed by atoms with Gasteiger partial charge in [0, 0.05) is 47.8 Å². The van der Waals surface area contributed by atoms with Crippen LogP contribution in [0.2, 0.25) is 0 Å². The standard InChI is InChI=1S/C42H55N7O12S3/c1-9-43-33-21-36(62-42-30(33)18-22(4)63(42,56)57)64(58,59)48-38(52)25(7)61-41(55)26(8)60-35(51)15-14-34(50)46-27-12-13-31-28(19-27)29(39(53)47-31)20-32-23(5)37(24(6)45-32)40(54)44-16-17-49(10-2)11-3/h12-13,19-22,25-26,33,43,45H,9-11,14-18H2,1-8H3,(H,44,54)(H,46,50)(H,47,53)(H,48,52)/b29-20-/t22-,25-,26?,33-/m0/s1. The fourth-order valence-corrected chi connectivity index (χ4v) is 12.4. The van der Waals surface area contributed by atoms with Crippen LogP contribution in [0.5, 0.6) is 0 Å². The molecular formula is C42H55N7O12S3. The number of nitrogens with one attached hydrogen (secondary N) is 6. The summed E-state index contributed by atoms with van der Waals surface area (Å²) in [6.07, 6.45) is -0.798. The van der Waals surface area contributed by atoms with Crippen LogP contribution in [0, 0.1) is 13.8 Å². The molecule has 0 aliphatic carbocycles. The number of hydrogen-bond donors (Lipinski definition) is 6. The average molecular weight is 946 g/mol. The van der Waals surface area contributed by atoms with E-state index in [1.807, 2.05) is 4.72 Å². The Morgan fingerprint density at radius 3 is 2.41 bits per heavy atom. The van der Waals surface area contributed by atoms with Crippen LogP contribution >= 0.6 is 11.8 Å². The molecule has 1 aromatic carbocycles. The second-order valence-electron chi connectivity index (χ2n) is 15.4. The van der Waals surface area contributed by atoms with Gasteiger partial charge in [0.1, 0.15) is 8.47 Å². The zero-order valence-corrected chi connectivity index (χ0v) is 39.4. The van der Waals surface area contributed by atoms with Crippen LogP contribution in [-0.2, 0) is 53.3 Å². The van der Waals surface area contributed by atoms with Gasteiger partial charge in [0.15, 0.2) is 22.0 Å². The summed E-state index contributed by atoms with van der Waals surface area (Å²) in [6, 6.07) is 4.10. The SMILES string of the molecule is CCN[C@H]1C=C(S(=O)(=O)NC(=O)[C@H](C)OC(=O)C(C)OC(=O)CCC(=O)Nc2ccc3c(c2)/C(=C/c2[nH]c(C)c(C(=O)NCCN(CC)CC)c2C)C(=O)N3)SC2=C1C[C@H](C)S2(=O)=O. The summed E-state index contributed by atoms with van der Waals surface area (Å²) in [7, 11) is -8.36. The summed E-state index contributed by atoms with van der Waals surface area (Å²) in [4.78, 5) is 82.6. The summed E-state index contributed by atoms with van der Waals surface area (Å²) in [5, 5.41) is 10.8. The number of carbonyl (C=O) groups excluding carboxylic acids is 6. The van der Waals surface area contributed by atoms with E-state index in [1.54, 1.807) is 45.0 Å². The summed E-state index contributed by atoms with van der Waals surface area (Å²) in [5.74, 6) is -4.52. The highest BCUT2D eigenvalue weighted by Gasteiger charge is 2.44. The molecule has 348 valence electrons. The Bertz CT molecular complexity index is 2540. The van der Waals surface area contributed by atoms with Crippen LogP contribution in [0.3, 0.4) is 0 Å². The van der Waals surface area contributed by atoms with Crippen molar-refractivity contribution in [2.24, 2.45) is 0 Å². The number of aryl methyl sites for hydroxylation is 1. The van der Waals surface area contributed by atoms with Gasteiger partial charge in [-0.15, -0.1) is 0 Å². The number of fused-ring (bicyclic) bond motifs is 1. The molecule has 0 saturated carbocycles. The number of rotatable bonds is 19. The Morgan fingerprint density at radius 1 is 1.03 bits per heavy atom. The first kappa shape index (κ1) is 49.7. The Morgan fingerprint density at radius 2 is 1.73 bits per heavy atom. The predicted octanol–water partition coefficient (Wildman–Crippen LogP) is 3.21. The molecule has 2 aromatic rings. The van der Waals surface area contributed by atoms with Gasteiger partial charge in [-0.25, -0.2) is 26.4 Å². The number of thioether (sulfide) groups is 1. The molecule has 19 nitrogen and oxygen atoms in total. The van der Waals surface area contributed by atoms with E-state index in [4.69, 9.17) is 9.47 Å². The van der Waals surface area contributed by atoms with Crippen LogP contribution < -0.4 is 26.0 Å². The van der Waals surface area contributed by atoms with Crippen molar-refractivity contribution >= 4 is 90.2 Å². The van der Waals surface area contributed by atoms with E-state index in [2.05, 4.69) is 45.0 Å². The Labute approximate surface area is 377 Å². The summed E-state index contributed by atoms with van der Waals surface area (Å²) >= 11 is 0.532. The van der Waals surface area contributed by atoms with Crippen molar-refractivity contribution < 1.29 is 55.1 Å². The second kappa shape index (κ2) is 20.7. The van der Waals surface area contributed by atoms with E-state index in [0.717, 1.165) is 20.0 Å². The van der Waals surface area contributed by atoms with Gasteiger partial charge in [0.05, 0.1) is 28.8 Å². The van der Waals surface area contributed by atoms with Crippen LogP contribution in [0.15, 0.2) is 38.3 Å². The van der Waals surface area contributed by atoms with Crippen LogP contribution in [0.4, 0.5) is 11.4 Å². The van der Waals surface area contributed by atoms with Gasteiger partial charge in [-0.05, 0) is 102 Å². The van der Waals surface area contributed by atoms with E-state index < -0.39 is 77.8 Å². The summed E-state index contributed by atoms with van der Waals surface area (Å²) < 4.78 is 63.8. The van der Waals surface area contributed by atoms with Crippen molar-refractivity contribution in [1.82, 2.24) is 25.2 Å². The van der Waals surface area contributed by atoms with Gasteiger partial charge in [0.2, 0.25) is 5.91 Å². The van der Waals surface area contributed by atoms with E-state index in [-0.39, 0.29) is 28.9 Å². The number of likely N-dealkylation sites (N-methyl/N-ethyl adjacent to an activating group) is 2. The molecule has 1 aromatic heterocycles. The number of benzene rings is 1. The summed E-state index contributed by atoms with van der Waals surface area (Å²) in [5.41, 5.74) is 4.56. The molecule has 3 aliphatic heterocycles. The number of carbonyl (C=O) groups is 6. The maximum Gasteiger partial charge on any atom is 0.347 e. The first-order valence-corrected chi connectivity index (χ1v) is 24.7. The third-order valence-electron chi connectivity index (χ3n) is 10.9. The highest BCUT2D eigenvalue weighted by molar-refractivity contribution is 8.28. The first-order valence-electron chi connectivity index (χ1n) is 20.8. The zero-order valence-electron chi connectivity index (χ0n) is 36.9. The second-order valence-corrected chi connectivity index (χ2v) is 21.0. The van der Waals surface area contributed by atoms with Crippen LogP contribution in [-0.4, -0.2) is 119 Å². The molecule has 0 radical (unpaired) electrons. The number of hydrogen-bond acceptors (Lipinski definition) is 15. The van der Waals surface area contributed by atoms with E-state index in [1.165, 1.54) is 19.9 Å². The topological polar surface area (TPSA) is 268 Å². The van der Waals surface area contributed by atoms with E-state index >= 15 is 0 Å². The van der Waals surface area contributed by atoms with Crippen molar-refractivity contribution in [3.63, 3.8) is 0 Å². The molecule has 3 aliphatic rings. The number of sulfonamides is 1. The van der Waals surface area contributed by atoms with Gasteiger partial charge >= 0.3 is 11.9 Å². The monoisotopic (exact) mass is 945 g/mol. The lowest BCUT2D eigenvalue weighted by Crippen LogP contribution is -2.42. The largest absolute Gasteiger partial charge is 0.451 e. The first-order chi connectivity index (χ1) is 30.1. The van der Waals surface area contributed by atoms with Crippen LogP contribution in [0.1, 0.15) is 93.7 Å². The maximum atomic E-state index is 13.2. The number of sulfone groups is 1. The van der Waals surface area contributed by atoms with E-state index in [0.29, 0.717) is 82.0 Å². The molecule has 4 amide bonds. The van der Waals surface area contributed by atoms with Crippen LogP contribution in [0.25, 0.3) is 11.6 Å². The molecule has 5 rings (SSSR count). The number of aromatic amines is 1. The Kier molecular flexibility index (Phi) is 16.1. The smallest absolute Gasteiger partial charge is 0.347 e. The molecule has 64 heavy (non-hydrogen) atoms. The third-order valence-corrected chi connectivity index (χ3v) is 16.7. The highest BCUT2D eigenvalue weighted by atomic mass is 32.3. The molecule has 0 fully saturated rings. The van der Waals surface area contributed by atoms with Crippen molar-refractivity contribution in [2.75, 3.05) is 43.4 Å². The van der Waals surface area contributed by atoms with Gasteiger partial charge in [0.25, 0.3) is 27.7 Å². The number of nitrogens with zero attached hydrogens (tertiary/aromatic N) is 1. The number of esters is 2. The van der Waals surface area contributed by atoms with Gasteiger partial charge in [-0.3, -0.25) is 24.0 Å². The zero-order chi connectivity index (χ0) is 47.3. The molecule has 0 saturated heterocycles. The average Bonchev–Trinajstić information content (AvgIpc) is 3.79. The van der Waals surface area contributed by atoms with Gasteiger partial charge in [-0.1, -0.05) is 32.5 Å². The van der Waals surface area contributed by atoms with Crippen molar-refractivity contribution in [3.05, 3.63) is 66.4 Å². The third kappa shape index (κ3) is 11.3. The number of amides is 4. The fourth-order valence-electron chi connectivity index (χ4n) is 7.26. The minimum Gasteiger partial charge on any atom is -0.451 e. The van der Waals surface area contributed by atoms with Crippen molar-refractivity contribution in [3.8, 4) is 0 Å². The lowest BCUT2D eigenvalue weighted by Gasteiger charge is -2.23. The molecule has 0 spiro atoms. The molecule has 4 heterocycles. The lowest BCUT2D eigenvalue weighted by molar-refractivity contribution is -0.171. The maximum absolute atomic E-state index is 13.2. The number of aromatic nitrogens is 1. The minimum atomic E-state index is -4.59. The predicted molar refractivity (Wildman–Crippen MR) is 243 cm³/mol.